The van der Waals surface area contributed by atoms with E-state index >= 15 is 0 Å². The predicted molar refractivity (Wildman–Crippen MR) is 96.9 cm³/mol. The number of halogens is 1. The Labute approximate surface area is 150 Å². The lowest BCUT2D eigenvalue weighted by Gasteiger charge is -2.39. The third-order valence-corrected chi connectivity index (χ3v) is 6.44. The summed E-state index contributed by atoms with van der Waals surface area (Å²) in [6.45, 7) is 2.85. The molecule has 0 atom stereocenters. The Morgan fingerprint density at radius 1 is 1.08 bits per heavy atom. The summed E-state index contributed by atoms with van der Waals surface area (Å²) >= 11 is 0. The number of rotatable bonds is 5. The molecule has 0 bridgehead atoms. The molecular formula is C21H29FN2O. The van der Waals surface area contributed by atoms with Crippen molar-refractivity contribution < 1.29 is 9.18 Å². The van der Waals surface area contributed by atoms with Gasteiger partial charge in [0, 0.05) is 19.1 Å². The second-order valence-electron chi connectivity index (χ2n) is 8.21. The summed E-state index contributed by atoms with van der Waals surface area (Å²) in [5, 5.41) is 3.68. The maximum Gasteiger partial charge on any atom is 0.233 e. The van der Waals surface area contributed by atoms with Crippen LogP contribution in [0.4, 0.5) is 4.39 Å². The average molecular weight is 344 g/mol. The van der Waals surface area contributed by atoms with Crippen LogP contribution >= 0.6 is 0 Å². The number of hydrogen-bond acceptors (Lipinski definition) is 2. The van der Waals surface area contributed by atoms with Crippen LogP contribution in [0.2, 0.25) is 0 Å². The fourth-order valence-corrected chi connectivity index (χ4v) is 4.62. The summed E-state index contributed by atoms with van der Waals surface area (Å²) in [7, 11) is 0. The lowest BCUT2D eigenvalue weighted by molar-refractivity contribution is -0.138. The molecule has 1 aromatic rings. The molecule has 4 heteroatoms. The highest BCUT2D eigenvalue weighted by Crippen LogP contribution is 2.43. The first-order valence-corrected chi connectivity index (χ1v) is 9.96. The monoisotopic (exact) mass is 344 g/mol. The molecule has 1 aromatic carbocycles. The van der Waals surface area contributed by atoms with Crippen molar-refractivity contribution in [2.75, 3.05) is 19.6 Å². The van der Waals surface area contributed by atoms with Gasteiger partial charge in [-0.3, -0.25) is 4.79 Å². The Morgan fingerprint density at radius 2 is 1.72 bits per heavy atom. The van der Waals surface area contributed by atoms with Crippen LogP contribution in [0.5, 0.6) is 0 Å². The minimum absolute atomic E-state index is 0.230. The number of piperidine rings is 1. The fraction of sp³-hybridized carbons (Fsp3) is 0.667. The van der Waals surface area contributed by atoms with Gasteiger partial charge < -0.3 is 10.2 Å². The molecule has 0 aromatic heterocycles. The summed E-state index contributed by atoms with van der Waals surface area (Å²) in [5.41, 5.74) is 0.590. The number of benzene rings is 1. The van der Waals surface area contributed by atoms with Gasteiger partial charge in [0.2, 0.25) is 5.91 Å². The van der Waals surface area contributed by atoms with Gasteiger partial charge in [-0.25, -0.2) is 4.39 Å². The van der Waals surface area contributed by atoms with Crippen LogP contribution < -0.4 is 5.32 Å². The third kappa shape index (κ3) is 3.59. The van der Waals surface area contributed by atoms with E-state index in [-0.39, 0.29) is 11.7 Å². The SMILES string of the molecule is O=C(N1CCC(NCC2CC2)CC1)C1(c2ccc(F)cc2)CCCC1. The van der Waals surface area contributed by atoms with Crippen LogP contribution in [0.25, 0.3) is 0 Å². The Kier molecular flexibility index (Phi) is 4.81. The first-order chi connectivity index (χ1) is 12.2. The Balaban J connectivity index is 1.42. The third-order valence-electron chi connectivity index (χ3n) is 6.44. The van der Waals surface area contributed by atoms with Gasteiger partial charge in [-0.1, -0.05) is 25.0 Å². The normalized spacial score (nSPS) is 23.8. The van der Waals surface area contributed by atoms with Gasteiger partial charge in [0.05, 0.1) is 5.41 Å². The van der Waals surface area contributed by atoms with E-state index in [0.717, 1.165) is 69.6 Å². The van der Waals surface area contributed by atoms with E-state index in [9.17, 15) is 9.18 Å². The van der Waals surface area contributed by atoms with E-state index in [1.165, 1.54) is 25.0 Å². The summed E-state index contributed by atoms with van der Waals surface area (Å²) in [4.78, 5) is 15.5. The zero-order valence-electron chi connectivity index (χ0n) is 15.0. The van der Waals surface area contributed by atoms with Crippen LogP contribution in [0, 0.1) is 11.7 Å². The number of hydrogen-bond donors (Lipinski definition) is 1. The summed E-state index contributed by atoms with van der Waals surface area (Å²) in [6, 6.07) is 7.20. The summed E-state index contributed by atoms with van der Waals surface area (Å²) in [6.07, 6.45) is 8.84. The average Bonchev–Trinajstić information content (AvgIpc) is 3.35. The Bertz CT molecular complexity index is 597. The van der Waals surface area contributed by atoms with E-state index in [1.807, 2.05) is 12.1 Å². The van der Waals surface area contributed by atoms with Crippen molar-refractivity contribution in [3.05, 3.63) is 35.6 Å². The standard InChI is InChI=1S/C21H29FN2O/c22-18-7-5-17(6-8-18)21(11-1-2-12-21)20(25)24-13-9-19(10-14-24)23-15-16-3-4-16/h5-8,16,19,23H,1-4,9-15H2. The molecule has 0 radical (unpaired) electrons. The molecule has 1 amide bonds. The molecule has 1 aliphatic heterocycles. The maximum absolute atomic E-state index is 13.4. The molecule has 1 saturated heterocycles. The number of carbonyl (C=O) groups excluding carboxylic acids is 1. The van der Waals surface area contributed by atoms with Crippen molar-refractivity contribution in [1.29, 1.82) is 0 Å². The minimum Gasteiger partial charge on any atom is -0.342 e. The molecule has 2 saturated carbocycles. The van der Waals surface area contributed by atoms with Crippen molar-refractivity contribution in [1.82, 2.24) is 10.2 Å². The van der Waals surface area contributed by atoms with Crippen LogP contribution in [0.1, 0.15) is 56.9 Å². The van der Waals surface area contributed by atoms with E-state index in [0.29, 0.717) is 6.04 Å². The minimum atomic E-state index is -0.415. The lowest BCUT2D eigenvalue weighted by atomic mass is 9.77. The molecular weight excluding hydrogens is 315 g/mol. The van der Waals surface area contributed by atoms with E-state index in [4.69, 9.17) is 0 Å². The van der Waals surface area contributed by atoms with Gasteiger partial charge in [-0.05, 0) is 68.7 Å². The first-order valence-electron chi connectivity index (χ1n) is 9.96. The highest BCUT2D eigenvalue weighted by atomic mass is 19.1. The highest BCUT2D eigenvalue weighted by Gasteiger charge is 2.45. The van der Waals surface area contributed by atoms with Crippen molar-refractivity contribution in [2.24, 2.45) is 5.92 Å². The van der Waals surface area contributed by atoms with E-state index in [2.05, 4.69) is 10.2 Å². The molecule has 4 rings (SSSR count). The number of nitrogens with one attached hydrogen (secondary N) is 1. The molecule has 1 heterocycles. The van der Waals surface area contributed by atoms with Crippen LogP contribution in [-0.2, 0) is 10.2 Å². The molecule has 1 N–H and O–H groups in total. The topological polar surface area (TPSA) is 32.3 Å². The van der Waals surface area contributed by atoms with Gasteiger partial charge in [0.15, 0.2) is 0 Å². The number of amides is 1. The van der Waals surface area contributed by atoms with Crippen LogP contribution in [0.15, 0.2) is 24.3 Å². The predicted octanol–water partition coefficient (Wildman–Crippen LogP) is 3.63. The van der Waals surface area contributed by atoms with E-state index in [1.54, 1.807) is 0 Å². The highest BCUT2D eigenvalue weighted by molar-refractivity contribution is 5.88. The molecule has 0 spiro atoms. The van der Waals surface area contributed by atoms with Crippen LogP contribution in [0.3, 0.4) is 0 Å². The molecule has 0 unspecified atom stereocenters. The first kappa shape index (κ1) is 17.0. The van der Waals surface area contributed by atoms with Crippen LogP contribution in [-0.4, -0.2) is 36.5 Å². The summed E-state index contributed by atoms with van der Waals surface area (Å²) < 4.78 is 13.3. The second kappa shape index (κ2) is 7.06. The van der Waals surface area contributed by atoms with E-state index < -0.39 is 5.41 Å². The molecule has 3 nitrogen and oxygen atoms in total. The lowest BCUT2D eigenvalue weighted by Crippen LogP contribution is -2.51. The van der Waals surface area contributed by atoms with Crippen molar-refractivity contribution >= 4 is 5.91 Å². The zero-order chi connectivity index (χ0) is 17.3. The van der Waals surface area contributed by atoms with Gasteiger partial charge in [0.25, 0.3) is 0 Å². The van der Waals surface area contributed by atoms with Crippen molar-refractivity contribution in [3.8, 4) is 0 Å². The number of likely N-dealkylation sites (tertiary alicyclic amines) is 1. The maximum atomic E-state index is 13.4. The second-order valence-corrected chi connectivity index (χ2v) is 8.21. The Hall–Kier alpha value is -1.42. The molecule has 136 valence electrons. The molecule has 3 aliphatic rings. The van der Waals surface area contributed by atoms with Gasteiger partial charge in [-0.2, -0.15) is 0 Å². The molecule has 3 fully saturated rings. The fourth-order valence-electron chi connectivity index (χ4n) is 4.62. The van der Waals surface area contributed by atoms with Crippen molar-refractivity contribution in [2.45, 2.75) is 62.8 Å². The smallest absolute Gasteiger partial charge is 0.233 e. The van der Waals surface area contributed by atoms with Gasteiger partial charge >= 0.3 is 0 Å². The zero-order valence-corrected chi connectivity index (χ0v) is 15.0. The van der Waals surface area contributed by atoms with Gasteiger partial charge in [-0.15, -0.1) is 0 Å². The molecule has 25 heavy (non-hydrogen) atoms. The largest absolute Gasteiger partial charge is 0.342 e. The Morgan fingerprint density at radius 3 is 2.32 bits per heavy atom. The molecule has 2 aliphatic carbocycles. The summed E-state index contributed by atoms with van der Waals surface area (Å²) in [5.74, 6) is 0.948. The van der Waals surface area contributed by atoms with Gasteiger partial charge in [0.1, 0.15) is 5.82 Å². The quantitative estimate of drug-likeness (QED) is 0.885. The number of nitrogens with zero attached hydrogens (tertiary/aromatic N) is 1. The number of carbonyl (C=O) groups is 1. The van der Waals surface area contributed by atoms with Crippen molar-refractivity contribution in [3.63, 3.8) is 0 Å².